The van der Waals surface area contributed by atoms with Gasteiger partial charge in [0.05, 0.1) is 5.76 Å². The van der Waals surface area contributed by atoms with Crippen LogP contribution in [0.2, 0.25) is 0 Å². The van der Waals surface area contributed by atoms with Gasteiger partial charge >= 0.3 is 0 Å². The first kappa shape index (κ1) is 28.2. The van der Waals surface area contributed by atoms with E-state index in [4.69, 9.17) is 10.1 Å². The smallest absolute Gasteiger partial charge is 0.155 e. The number of aromatic nitrogens is 1. The van der Waals surface area contributed by atoms with Crippen LogP contribution in [0.5, 0.6) is 0 Å². The third kappa shape index (κ3) is 7.11. The number of nitrogens with zero attached hydrogens (tertiary/aromatic N) is 1. The van der Waals surface area contributed by atoms with Crippen LogP contribution < -0.4 is 0 Å². The van der Waals surface area contributed by atoms with Gasteiger partial charge in [0.2, 0.25) is 0 Å². The van der Waals surface area contributed by atoms with Crippen LogP contribution in [0, 0.1) is 19.9 Å². The number of benzene rings is 3. The second-order valence-electron chi connectivity index (χ2n) is 8.74. The molecule has 0 spiro atoms. The number of aryl methyl sites for hydroxylation is 2. The number of carbonyl (C=O) groups excluding carboxylic acids is 1. The Balaban J connectivity index is 0.000000422. The topological polar surface area (TPSA) is 50.2 Å². The molecule has 0 bridgehead atoms. The molecule has 0 saturated carbocycles. The minimum absolute atomic E-state index is 0. The summed E-state index contributed by atoms with van der Waals surface area (Å²) in [6.07, 6.45) is 3.15. The van der Waals surface area contributed by atoms with Crippen LogP contribution in [0.3, 0.4) is 0 Å². The number of thiophene rings is 1. The minimum Gasteiger partial charge on any atom is -0.512 e. The Bertz CT molecular complexity index is 1530. The number of allylic oxidation sites excluding steroid dienone is 2. The Morgan fingerprint density at radius 3 is 2.24 bits per heavy atom. The molecule has 5 rings (SSSR count). The largest absolute Gasteiger partial charge is 0.512 e. The summed E-state index contributed by atoms with van der Waals surface area (Å²) in [5, 5.41) is 9.55. The maximum atomic E-state index is 10.0. The van der Waals surface area contributed by atoms with Crippen molar-refractivity contribution in [1.82, 2.24) is 4.98 Å². The van der Waals surface area contributed by atoms with Crippen molar-refractivity contribution >= 4 is 27.2 Å². The molecule has 0 fully saturated rings. The molecule has 1 radical (unpaired) electrons. The van der Waals surface area contributed by atoms with E-state index in [0.717, 1.165) is 11.3 Å². The first-order valence-electron chi connectivity index (χ1n) is 11.7. The van der Waals surface area contributed by atoms with E-state index in [1.165, 1.54) is 62.7 Å². The number of ketones is 1. The Hall–Kier alpha value is -3.37. The number of carbonyl (C=O) groups is 1. The molecule has 0 saturated heterocycles. The van der Waals surface area contributed by atoms with E-state index < -0.39 is 0 Å². The second kappa shape index (κ2) is 12.7. The molecule has 0 aliphatic carbocycles. The number of rotatable bonds is 4. The van der Waals surface area contributed by atoms with Crippen LogP contribution in [0.1, 0.15) is 25.0 Å². The minimum atomic E-state index is -0.125. The van der Waals surface area contributed by atoms with Crippen molar-refractivity contribution in [2.45, 2.75) is 27.7 Å². The van der Waals surface area contributed by atoms with Crippen molar-refractivity contribution in [3.05, 3.63) is 114 Å². The fraction of sp³-hybridized carbons (Fsp3) is 0.125. The van der Waals surface area contributed by atoms with Crippen LogP contribution in [0.15, 0.2) is 96.9 Å². The van der Waals surface area contributed by atoms with Crippen LogP contribution >= 0.6 is 11.3 Å². The molecular weight excluding hydrogens is 655 g/mol. The Kier molecular flexibility index (Phi) is 9.71. The summed E-state index contributed by atoms with van der Waals surface area (Å²) in [7, 11) is 0. The molecule has 3 nitrogen and oxygen atoms in total. The molecule has 0 aliphatic heterocycles. The molecule has 37 heavy (non-hydrogen) atoms. The molecule has 189 valence electrons. The first-order chi connectivity index (χ1) is 17.3. The van der Waals surface area contributed by atoms with Gasteiger partial charge in [-0.2, -0.15) is 0 Å². The molecule has 3 aromatic carbocycles. The number of hydrogen-bond acceptors (Lipinski definition) is 4. The standard InChI is InChI=1S/C27H20NS.C5H8O2.Ir/c1-18-8-6-9-19(2)27(18)26-15-23-17-28-24(16-25(23)29-26)22-13-7-12-21(14-22)20-10-4-3-5-11-20;1-4(6)3-5(2)7;/h3-12,14-17H,1-2H3;3,6H,1-2H3;/q-1;;/b;4-3-;. The summed E-state index contributed by atoms with van der Waals surface area (Å²) in [6.45, 7) is 7.21. The maximum absolute atomic E-state index is 10.0. The van der Waals surface area contributed by atoms with Crippen LogP contribution in [-0.2, 0) is 24.9 Å². The molecule has 1 N–H and O–H groups in total. The summed E-state index contributed by atoms with van der Waals surface area (Å²) < 4.78 is 1.26. The average Bonchev–Trinajstić information content (AvgIpc) is 3.27. The van der Waals surface area contributed by atoms with E-state index in [0.29, 0.717) is 0 Å². The monoisotopic (exact) mass is 683 g/mol. The van der Waals surface area contributed by atoms with E-state index in [2.05, 4.69) is 86.6 Å². The van der Waals surface area contributed by atoms with Crippen LogP contribution in [0.25, 0.3) is 42.9 Å². The number of fused-ring (bicyclic) bond motifs is 1. The van der Waals surface area contributed by atoms with Crippen LogP contribution in [0.4, 0.5) is 0 Å². The summed E-state index contributed by atoms with van der Waals surface area (Å²) in [4.78, 5) is 16.1. The van der Waals surface area contributed by atoms with Crippen molar-refractivity contribution in [3.63, 3.8) is 0 Å². The van der Waals surface area contributed by atoms with Gasteiger partial charge in [0, 0.05) is 47.3 Å². The third-order valence-electron chi connectivity index (χ3n) is 5.73. The first-order valence-corrected chi connectivity index (χ1v) is 12.5. The van der Waals surface area contributed by atoms with Gasteiger partial charge in [0.25, 0.3) is 0 Å². The Morgan fingerprint density at radius 2 is 1.62 bits per heavy atom. The van der Waals surface area contributed by atoms with Crippen molar-refractivity contribution in [2.75, 3.05) is 0 Å². The molecule has 5 heteroatoms. The van der Waals surface area contributed by atoms with Gasteiger partial charge in [-0.05, 0) is 61.7 Å². The Labute approximate surface area is 235 Å². The predicted molar refractivity (Wildman–Crippen MR) is 151 cm³/mol. The summed E-state index contributed by atoms with van der Waals surface area (Å²) >= 11 is 1.83. The van der Waals surface area contributed by atoms with Crippen LogP contribution in [-0.4, -0.2) is 15.9 Å². The number of aliphatic hydroxyl groups excluding tert-OH is 1. The number of hydrogen-bond donors (Lipinski definition) is 1. The second-order valence-corrected chi connectivity index (χ2v) is 9.82. The van der Waals surface area contributed by atoms with Gasteiger partial charge in [-0.1, -0.05) is 54.6 Å². The van der Waals surface area contributed by atoms with E-state index in [9.17, 15) is 4.79 Å². The summed E-state index contributed by atoms with van der Waals surface area (Å²) in [5.41, 5.74) is 8.34. The zero-order valence-corrected chi connectivity index (χ0v) is 24.4. The van der Waals surface area contributed by atoms with Gasteiger partial charge in [0.1, 0.15) is 0 Å². The quantitative estimate of drug-likeness (QED) is 0.117. The van der Waals surface area contributed by atoms with E-state index in [1.54, 1.807) is 0 Å². The van der Waals surface area contributed by atoms with Gasteiger partial charge in [-0.15, -0.1) is 46.7 Å². The van der Waals surface area contributed by atoms with Gasteiger partial charge in [0.15, 0.2) is 5.78 Å². The molecule has 5 aromatic rings. The van der Waals surface area contributed by atoms with E-state index in [-0.39, 0.29) is 31.6 Å². The predicted octanol–water partition coefficient (Wildman–Crippen LogP) is 8.75. The fourth-order valence-corrected chi connectivity index (χ4v) is 5.37. The molecule has 0 aliphatic rings. The van der Waals surface area contributed by atoms with E-state index >= 15 is 0 Å². The SMILES string of the molecule is CC(=O)/C=C(/C)O.Cc1cccc(C)c1-c1cc2cnc(-c3[c-]ccc(-c4ccccc4)c3)cc2s1.[Ir]. The number of aliphatic hydroxyl groups is 1. The molecular formula is C32H28IrNO2S-. The van der Waals surface area contributed by atoms with Crippen molar-refractivity contribution < 1.29 is 30.0 Å². The van der Waals surface area contributed by atoms with Gasteiger partial charge < -0.3 is 10.1 Å². The maximum Gasteiger partial charge on any atom is 0.155 e. The molecule has 2 heterocycles. The van der Waals surface area contributed by atoms with E-state index in [1.807, 2.05) is 29.7 Å². The summed E-state index contributed by atoms with van der Waals surface area (Å²) in [5.74, 6) is -0.0625. The molecule has 0 atom stereocenters. The Morgan fingerprint density at radius 1 is 0.919 bits per heavy atom. The van der Waals surface area contributed by atoms with Crippen molar-refractivity contribution in [2.24, 2.45) is 0 Å². The average molecular weight is 683 g/mol. The number of pyridine rings is 1. The van der Waals surface area contributed by atoms with Crippen molar-refractivity contribution in [3.8, 4) is 32.8 Å². The molecule has 2 aromatic heterocycles. The third-order valence-corrected chi connectivity index (χ3v) is 6.84. The zero-order valence-electron chi connectivity index (χ0n) is 21.2. The zero-order chi connectivity index (χ0) is 25.7. The molecule has 0 amide bonds. The normalized spacial score (nSPS) is 10.9. The fourth-order valence-electron chi connectivity index (χ4n) is 4.13. The molecule has 0 unspecified atom stereocenters. The van der Waals surface area contributed by atoms with Gasteiger partial charge in [-0.3, -0.25) is 4.79 Å². The van der Waals surface area contributed by atoms with Crippen molar-refractivity contribution in [1.29, 1.82) is 0 Å². The van der Waals surface area contributed by atoms with Gasteiger partial charge in [-0.25, -0.2) is 0 Å². The summed E-state index contributed by atoms with van der Waals surface area (Å²) in [6, 6.07) is 31.0.